The number of nitrogens with two attached hydrogens (primary N) is 1. The van der Waals surface area contributed by atoms with Crippen molar-refractivity contribution in [2.45, 2.75) is 25.9 Å². The van der Waals surface area contributed by atoms with Gasteiger partial charge in [0.2, 0.25) is 5.91 Å². The van der Waals surface area contributed by atoms with Crippen molar-refractivity contribution in [3.63, 3.8) is 0 Å². The van der Waals surface area contributed by atoms with Gasteiger partial charge in [-0.25, -0.2) is 0 Å². The van der Waals surface area contributed by atoms with E-state index < -0.39 is 6.04 Å². The summed E-state index contributed by atoms with van der Waals surface area (Å²) in [4.78, 5) is 27.7. The van der Waals surface area contributed by atoms with E-state index in [0.29, 0.717) is 25.3 Å². The van der Waals surface area contributed by atoms with Crippen molar-refractivity contribution in [3.05, 3.63) is 18.0 Å². The van der Waals surface area contributed by atoms with E-state index in [4.69, 9.17) is 5.73 Å². The number of amides is 2. The predicted octanol–water partition coefficient (Wildman–Crippen LogP) is -0.560. The molecule has 0 spiro atoms. The molecule has 1 saturated heterocycles. The Hall–Kier alpha value is -1.89. The number of carbonyl (C=O) groups excluding carboxylic acids is 2. The monoisotopic (exact) mass is 279 g/mol. The summed E-state index contributed by atoms with van der Waals surface area (Å²) >= 11 is 0. The molecule has 1 fully saturated rings. The maximum atomic E-state index is 12.4. The van der Waals surface area contributed by atoms with Gasteiger partial charge in [-0.1, -0.05) is 0 Å². The molecule has 0 bridgehead atoms. The van der Waals surface area contributed by atoms with Crippen LogP contribution in [0.5, 0.6) is 0 Å². The molecule has 0 radical (unpaired) electrons. The second-order valence-corrected chi connectivity index (χ2v) is 5.34. The van der Waals surface area contributed by atoms with Gasteiger partial charge in [-0.15, -0.1) is 0 Å². The second-order valence-electron chi connectivity index (χ2n) is 5.34. The van der Waals surface area contributed by atoms with Crippen LogP contribution in [0.4, 0.5) is 0 Å². The third kappa shape index (κ3) is 2.67. The number of aromatic nitrogens is 2. The maximum Gasteiger partial charge on any atom is 0.272 e. The Morgan fingerprint density at radius 2 is 2.10 bits per heavy atom. The van der Waals surface area contributed by atoms with Gasteiger partial charge < -0.3 is 10.6 Å². The number of aryl methyl sites for hydroxylation is 1. The summed E-state index contributed by atoms with van der Waals surface area (Å²) in [6.45, 7) is 5.61. The minimum atomic E-state index is -0.430. The van der Waals surface area contributed by atoms with Crippen molar-refractivity contribution in [2.24, 2.45) is 12.8 Å². The standard InChI is InChI=1S/C13H21N5O2/c1-9(2)18-7-6-17(8-11(18)12(14)19)13(20)10-4-5-15-16(10)3/h4-5,9,11H,6-8H2,1-3H3,(H2,14,19)/t11-/m0/s1. The number of primary amides is 1. The van der Waals surface area contributed by atoms with Crippen LogP contribution >= 0.6 is 0 Å². The largest absolute Gasteiger partial charge is 0.368 e. The molecule has 110 valence electrons. The van der Waals surface area contributed by atoms with Crippen LogP contribution in [-0.4, -0.2) is 63.1 Å². The first-order valence-electron chi connectivity index (χ1n) is 6.74. The van der Waals surface area contributed by atoms with Crippen molar-refractivity contribution in [2.75, 3.05) is 19.6 Å². The number of hydrogen-bond donors (Lipinski definition) is 1. The molecule has 0 saturated carbocycles. The van der Waals surface area contributed by atoms with Crippen molar-refractivity contribution in [1.82, 2.24) is 19.6 Å². The van der Waals surface area contributed by atoms with Gasteiger partial charge in [0.1, 0.15) is 11.7 Å². The van der Waals surface area contributed by atoms with Crippen molar-refractivity contribution in [1.29, 1.82) is 0 Å². The zero-order valence-electron chi connectivity index (χ0n) is 12.1. The topological polar surface area (TPSA) is 84.5 Å². The average Bonchev–Trinajstić information content (AvgIpc) is 2.83. The van der Waals surface area contributed by atoms with Gasteiger partial charge in [0.15, 0.2) is 0 Å². The molecule has 7 nitrogen and oxygen atoms in total. The lowest BCUT2D eigenvalue weighted by molar-refractivity contribution is -0.126. The minimum absolute atomic E-state index is 0.111. The Labute approximate surface area is 118 Å². The Kier molecular flexibility index (Phi) is 4.08. The predicted molar refractivity (Wildman–Crippen MR) is 73.9 cm³/mol. The summed E-state index contributed by atoms with van der Waals surface area (Å²) in [6.07, 6.45) is 1.59. The average molecular weight is 279 g/mol. The summed E-state index contributed by atoms with van der Waals surface area (Å²) < 4.78 is 1.54. The quantitative estimate of drug-likeness (QED) is 0.804. The van der Waals surface area contributed by atoms with E-state index >= 15 is 0 Å². The molecule has 0 unspecified atom stereocenters. The van der Waals surface area contributed by atoms with Crippen molar-refractivity contribution < 1.29 is 9.59 Å². The number of carbonyl (C=O) groups is 2. The highest BCUT2D eigenvalue weighted by atomic mass is 16.2. The highest BCUT2D eigenvalue weighted by Crippen LogP contribution is 2.15. The van der Waals surface area contributed by atoms with E-state index in [0.717, 1.165) is 0 Å². The van der Waals surface area contributed by atoms with Gasteiger partial charge in [-0.3, -0.25) is 19.2 Å². The Balaban J connectivity index is 2.15. The normalized spacial score (nSPS) is 20.4. The molecule has 0 aromatic carbocycles. The lowest BCUT2D eigenvalue weighted by Crippen LogP contribution is -2.61. The van der Waals surface area contributed by atoms with Gasteiger partial charge in [0.25, 0.3) is 5.91 Å². The fourth-order valence-corrected chi connectivity index (χ4v) is 2.60. The molecule has 2 N–H and O–H groups in total. The fourth-order valence-electron chi connectivity index (χ4n) is 2.60. The highest BCUT2D eigenvalue weighted by Gasteiger charge is 2.35. The third-order valence-corrected chi connectivity index (χ3v) is 3.74. The lowest BCUT2D eigenvalue weighted by atomic mass is 10.1. The van der Waals surface area contributed by atoms with E-state index in [-0.39, 0.29) is 17.9 Å². The fraction of sp³-hybridized carbons (Fsp3) is 0.615. The third-order valence-electron chi connectivity index (χ3n) is 3.74. The summed E-state index contributed by atoms with van der Waals surface area (Å²) in [7, 11) is 1.73. The van der Waals surface area contributed by atoms with Gasteiger partial charge in [0.05, 0.1) is 0 Å². The SMILES string of the molecule is CC(C)N1CCN(C(=O)c2ccnn2C)C[C@H]1C(N)=O. The summed E-state index contributed by atoms with van der Waals surface area (Å²) in [5.41, 5.74) is 5.99. The van der Waals surface area contributed by atoms with Crippen LogP contribution in [0.2, 0.25) is 0 Å². The molecular weight excluding hydrogens is 258 g/mol. The van der Waals surface area contributed by atoms with E-state index in [1.165, 1.54) is 4.68 Å². The van der Waals surface area contributed by atoms with Crippen LogP contribution in [-0.2, 0) is 11.8 Å². The van der Waals surface area contributed by atoms with Crippen molar-refractivity contribution >= 4 is 11.8 Å². The van der Waals surface area contributed by atoms with Crippen LogP contribution in [0.1, 0.15) is 24.3 Å². The molecule has 1 atom stereocenters. The first kappa shape index (κ1) is 14.5. The molecule has 2 rings (SSSR count). The lowest BCUT2D eigenvalue weighted by Gasteiger charge is -2.41. The second kappa shape index (κ2) is 5.62. The van der Waals surface area contributed by atoms with Crippen molar-refractivity contribution in [3.8, 4) is 0 Å². The minimum Gasteiger partial charge on any atom is -0.368 e. The van der Waals surface area contributed by atoms with Crippen LogP contribution in [0, 0.1) is 0 Å². The van der Waals surface area contributed by atoms with E-state index in [1.807, 2.05) is 18.7 Å². The maximum absolute atomic E-state index is 12.4. The van der Waals surface area contributed by atoms with Gasteiger partial charge >= 0.3 is 0 Å². The molecule has 20 heavy (non-hydrogen) atoms. The molecular formula is C13H21N5O2. The van der Waals surface area contributed by atoms with Gasteiger partial charge in [-0.2, -0.15) is 5.10 Å². The molecule has 1 aromatic rings. The number of piperazine rings is 1. The van der Waals surface area contributed by atoms with Crippen LogP contribution < -0.4 is 5.73 Å². The molecule has 2 heterocycles. The Morgan fingerprint density at radius 1 is 1.40 bits per heavy atom. The molecule has 2 amide bonds. The Morgan fingerprint density at radius 3 is 2.60 bits per heavy atom. The molecule has 0 aliphatic carbocycles. The number of hydrogen-bond acceptors (Lipinski definition) is 4. The van der Waals surface area contributed by atoms with Crippen LogP contribution in [0.3, 0.4) is 0 Å². The van der Waals surface area contributed by atoms with E-state index in [2.05, 4.69) is 5.10 Å². The Bertz CT molecular complexity index is 511. The van der Waals surface area contributed by atoms with Crippen LogP contribution in [0.25, 0.3) is 0 Å². The van der Waals surface area contributed by atoms with Crippen LogP contribution in [0.15, 0.2) is 12.3 Å². The summed E-state index contributed by atoms with van der Waals surface area (Å²) in [6, 6.07) is 1.47. The first-order chi connectivity index (χ1) is 9.41. The van der Waals surface area contributed by atoms with Gasteiger partial charge in [-0.05, 0) is 19.9 Å². The molecule has 1 aromatic heterocycles. The van der Waals surface area contributed by atoms with E-state index in [9.17, 15) is 9.59 Å². The zero-order valence-corrected chi connectivity index (χ0v) is 12.1. The molecule has 7 heteroatoms. The molecule has 1 aliphatic rings. The molecule has 1 aliphatic heterocycles. The highest BCUT2D eigenvalue weighted by molar-refractivity contribution is 5.93. The number of rotatable bonds is 3. The van der Waals surface area contributed by atoms with E-state index in [1.54, 1.807) is 24.2 Å². The zero-order chi connectivity index (χ0) is 14.9. The summed E-state index contributed by atoms with van der Waals surface area (Å²) in [5, 5.41) is 4.00. The van der Waals surface area contributed by atoms with Gasteiger partial charge in [0, 0.05) is 38.9 Å². The number of nitrogens with zero attached hydrogens (tertiary/aromatic N) is 4. The first-order valence-corrected chi connectivity index (χ1v) is 6.74. The smallest absolute Gasteiger partial charge is 0.272 e. The summed E-state index contributed by atoms with van der Waals surface area (Å²) in [5.74, 6) is -0.499.